The minimum atomic E-state index is -1.05. The van der Waals surface area contributed by atoms with Gasteiger partial charge in [-0.2, -0.15) is 5.10 Å². The highest BCUT2D eigenvalue weighted by Crippen LogP contribution is 2.21. The van der Waals surface area contributed by atoms with E-state index in [-0.39, 0.29) is 11.3 Å². The maximum absolute atomic E-state index is 13.2. The molecule has 1 aromatic heterocycles. The lowest BCUT2D eigenvalue weighted by Gasteiger charge is -1.99. The van der Waals surface area contributed by atoms with Crippen LogP contribution in [0.5, 0.6) is 0 Å². The summed E-state index contributed by atoms with van der Waals surface area (Å²) in [6.45, 7) is 0. The molecule has 0 unspecified atom stereocenters. The lowest BCUT2D eigenvalue weighted by atomic mass is 10.1. The van der Waals surface area contributed by atoms with Crippen LogP contribution in [0.25, 0.3) is 10.9 Å². The first-order valence-electron chi connectivity index (χ1n) is 5.99. The van der Waals surface area contributed by atoms with Crippen LogP contribution < -0.4 is 0 Å². The molecule has 2 aromatic carbocycles. The second-order valence-electron chi connectivity index (χ2n) is 4.45. The summed E-state index contributed by atoms with van der Waals surface area (Å²) < 4.78 is 27.7. The van der Waals surface area contributed by atoms with Crippen molar-refractivity contribution in [2.24, 2.45) is 7.05 Å². The van der Waals surface area contributed by atoms with Crippen LogP contribution in [0.15, 0.2) is 42.5 Å². The zero-order chi connectivity index (χ0) is 14.3. The van der Waals surface area contributed by atoms with E-state index in [1.54, 1.807) is 23.9 Å². The lowest BCUT2D eigenvalue weighted by Crippen LogP contribution is -2.04. The predicted octanol–water partition coefficient (Wildman–Crippen LogP) is 3.08. The van der Waals surface area contributed by atoms with Gasteiger partial charge < -0.3 is 0 Å². The Morgan fingerprint density at radius 2 is 1.85 bits per heavy atom. The van der Waals surface area contributed by atoms with Gasteiger partial charge in [-0.1, -0.05) is 18.2 Å². The quantitative estimate of drug-likeness (QED) is 0.672. The second kappa shape index (κ2) is 4.52. The second-order valence-corrected chi connectivity index (χ2v) is 4.45. The SMILES string of the molecule is Cn1nc(C(=O)c2ccc(F)c(F)c2)c2ccccc21. The standard InChI is InChI=1S/C15H10F2N2O/c1-19-13-5-3-2-4-10(13)14(18-19)15(20)9-6-7-11(16)12(17)8-9/h2-8H,1H3. The van der Waals surface area contributed by atoms with E-state index >= 15 is 0 Å². The van der Waals surface area contributed by atoms with Crippen molar-refractivity contribution in [3.8, 4) is 0 Å². The van der Waals surface area contributed by atoms with Crippen molar-refractivity contribution in [3.63, 3.8) is 0 Å². The molecule has 0 radical (unpaired) electrons. The molecule has 0 saturated heterocycles. The van der Waals surface area contributed by atoms with Crippen molar-refractivity contribution in [3.05, 3.63) is 65.4 Å². The third-order valence-electron chi connectivity index (χ3n) is 3.15. The number of carbonyl (C=O) groups is 1. The molecule has 100 valence electrons. The van der Waals surface area contributed by atoms with Crippen molar-refractivity contribution >= 4 is 16.7 Å². The molecule has 0 aliphatic heterocycles. The molecule has 3 rings (SSSR count). The summed E-state index contributed by atoms with van der Waals surface area (Å²) in [7, 11) is 1.73. The Kier molecular flexibility index (Phi) is 2.82. The highest BCUT2D eigenvalue weighted by Gasteiger charge is 2.18. The number of aryl methyl sites for hydroxylation is 1. The van der Waals surface area contributed by atoms with Crippen LogP contribution >= 0.6 is 0 Å². The Hall–Kier alpha value is -2.56. The van der Waals surface area contributed by atoms with Crippen LogP contribution in [-0.2, 0) is 7.05 Å². The molecule has 3 nitrogen and oxygen atoms in total. The Morgan fingerprint density at radius 3 is 2.60 bits per heavy atom. The van der Waals surface area contributed by atoms with Crippen LogP contribution in [0, 0.1) is 11.6 Å². The molecule has 0 saturated carbocycles. The predicted molar refractivity (Wildman–Crippen MR) is 70.5 cm³/mol. The van der Waals surface area contributed by atoms with Gasteiger partial charge in [0, 0.05) is 18.0 Å². The van der Waals surface area contributed by atoms with Crippen molar-refractivity contribution in [1.29, 1.82) is 0 Å². The van der Waals surface area contributed by atoms with E-state index in [4.69, 9.17) is 0 Å². The molecule has 1 heterocycles. The van der Waals surface area contributed by atoms with E-state index < -0.39 is 17.4 Å². The van der Waals surface area contributed by atoms with E-state index in [1.807, 2.05) is 12.1 Å². The summed E-state index contributed by atoms with van der Waals surface area (Å²) >= 11 is 0. The van der Waals surface area contributed by atoms with Gasteiger partial charge in [-0.25, -0.2) is 8.78 Å². The monoisotopic (exact) mass is 272 g/mol. The number of aromatic nitrogens is 2. The fourth-order valence-electron chi connectivity index (χ4n) is 2.16. The molecule has 0 spiro atoms. The number of halogens is 2. The van der Waals surface area contributed by atoms with Crippen LogP contribution in [0.2, 0.25) is 0 Å². The summed E-state index contributed by atoms with van der Waals surface area (Å²) in [5.41, 5.74) is 1.11. The maximum atomic E-state index is 13.2. The molecule has 0 N–H and O–H groups in total. The third kappa shape index (κ3) is 1.87. The summed E-state index contributed by atoms with van der Waals surface area (Å²) in [5, 5.41) is 4.85. The highest BCUT2D eigenvalue weighted by atomic mass is 19.2. The molecule has 0 aliphatic rings. The first-order valence-corrected chi connectivity index (χ1v) is 5.99. The fraction of sp³-hybridized carbons (Fsp3) is 0.0667. The normalized spacial score (nSPS) is 10.9. The molecule has 3 aromatic rings. The Labute approximate surface area is 113 Å². The number of benzene rings is 2. The molecule has 0 fully saturated rings. The topological polar surface area (TPSA) is 34.9 Å². The first kappa shape index (κ1) is 12.5. The van der Waals surface area contributed by atoms with Crippen molar-refractivity contribution in [2.45, 2.75) is 0 Å². The van der Waals surface area contributed by atoms with E-state index in [1.165, 1.54) is 6.07 Å². The van der Waals surface area contributed by atoms with E-state index in [2.05, 4.69) is 5.10 Å². The van der Waals surface area contributed by atoms with Crippen LogP contribution in [0.4, 0.5) is 8.78 Å². The maximum Gasteiger partial charge on any atom is 0.213 e. The highest BCUT2D eigenvalue weighted by molar-refractivity contribution is 6.14. The Balaban J connectivity index is 2.15. The molecule has 20 heavy (non-hydrogen) atoms. The minimum Gasteiger partial charge on any atom is -0.287 e. The van der Waals surface area contributed by atoms with Gasteiger partial charge in [0.05, 0.1) is 5.52 Å². The van der Waals surface area contributed by atoms with Crippen molar-refractivity contribution in [2.75, 3.05) is 0 Å². The smallest absolute Gasteiger partial charge is 0.213 e. The van der Waals surface area contributed by atoms with Gasteiger partial charge in [-0.05, 0) is 24.3 Å². The van der Waals surface area contributed by atoms with Gasteiger partial charge in [0.25, 0.3) is 0 Å². The molecule has 0 aliphatic carbocycles. The zero-order valence-corrected chi connectivity index (χ0v) is 10.6. The third-order valence-corrected chi connectivity index (χ3v) is 3.15. The first-order chi connectivity index (χ1) is 9.58. The Morgan fingerprint density at radius 1 is 1.10 bits per heavy atom. The summed E-state index contributed by atoms with van der Waals surface area (Å²) in [6, 6.07) is 10.3. The van der Waals surface area contributed by atoms with Crippen molar-refractivity contribution < 1.29 is 13.6 Å². The number of hydrogen-bond acceptors (Lipinski definition) is 2. The molecule has 0 amide bonds. The van der Waals surface area contributed by atoms with Crippen LogP contribution in [0.3, 0.4) is 0 Å². The minimum absolute atomic E-state index is 0.0766. The summed E-state index contributed by atoms with van der Waals surface area (Å²) in [6.07, 6.45) is 0. The molecule has 0 bridgehead atoms. The van der Waals surface area contributed by atoms with Gasteiger partial charge in [0.15, 0.2) is 11.6 Å². The number of rotatable bonds is 2. The number of hydrogen-bond donors (Lipinski definition) is 0. The molecular formula is C15H10F2N2O. The lowest BCUT2D eigenvalue weighted by molar-refractivity contribution is 0.103. The molecule has 5 heteroatoms. The number of para-hydroxylation sites is 1. The van der Waals surface area contributed by atoms with E-state index in [0.717, 1.165) is 17.6 Å². The molecular weight excluding hydrogens is 262 g/mol. The van der Waals surface area contributed by atoms with Gasteiger partial charge in [-0.15, -0.1) is 0 Å². The summed E-state index contributed by atoms with van der Waals surface area (Å²) in [5.74, 6) is -2.45. The average Bonchev–Trinajstić information content (AvgIpc) is 2.79. The van der Waals surface area contributed by atoms with Gasteiger partial charge >= 0.3 is 0 Å². The number of nitrogens with zero attached hydrogens (tertiary/aromatic N) is 2. The van der Waals surface area contributed by atoms with E-state index in [9.17, 15) is 13.6 Å². The summed E-state index contributed by atoms with van der Waals surface area (Å²) in [4.78, 5) is 12.4. The number of ketones is 1. The van der Waals surface area contributed by atoms with Gasteiger partial charge in [-0.3, -0.25) is 9.48 Å². The Bertz CT molecular complexity index is 824. The van der Waals surface area contributed by atoms with E-state index in [0.29, 0.717) is 5.39 Å². The van der Waals surface area contributed by atoms with Gasteiger partial charge in [0.2, 0.25) is 5.78 Å². The number of carbonyl (C=O) groups excluding carboxylic acids is 1. The molecule has 0 atom stereocenters. The fourth-order valence-corrected chi connectivity index (χ4v) is 2.16. The van der Waals surface area contributed by atoms with Crippen LogP contribution in [-0.4, -0.2) is 15.6 Å². The van der Waals surface area contributed by atoms with Crippen molar-refractivity contribution in [1.82, 2.24) is 9.78 Å². The average molecular weight is 272 g/mol. The zero-order valence-electron chi connectivity index (χ0n) is 10.6. The largest absolute Gasteiger partial charge is 0.287 e. The number of fused-ring (bicyclic) bond motifs is 1. The van der Waals surface area contributed by atoms with Gasteiger partial charge in [0.1, 0.15) is 5.69 Å². The van der Waals surface area contributed by atoms with Crippen LogP contribution in [0.1, 0.15) is 16.1 Å².